The average Bonchev–Trinajstić information content (AvgIpc) is 2.88. The molecule has 0 aliphatic rings. The van der Waals surface area contributed by atoms with E-state index in [1.54, 1.807) is 11.6 Å². The molecule has 0 saturated heterocycles. The van der Waals surface area contributed by atoms with E-state index in [2.05, 4.69) is 5.43 Å². The maximum absolute atomic E-state index is 13.6. The maximum Gasteiger partial charge on any atom is 0.490 e. The van der Waals surface area contributed by atoms with Gasteiger partial charge in [0, 0.05) is 6.54 Å². The molecular weight excluding hydrogens is 565 g/mol. The molecule has 0 fully saturated rings. The minimum atomic E-state index is -5.08. The van der Waals surface area contributed by atoms with E-state index in [0.29, 0.717) is 6.42 Å². The van der Waals surface area contributed by atoms with Gasteiger partial charge in [0.25, 0.3) is 0 Å². The lowest BCUT2D eigenvalue weighted by Gasteiger charge is -2.32. The molecular formula is C27H39F3N4O8. The van der Waals surface area contributed by atoms with Crippen LogP contribution in [-0.2, 0) is 24.0 Å². The van der Waals surface area contributed by atoms with E-state index in [1.807, 2.05) is 64.1 Å². The molecule has 15 heteroatoms. The second kappa shape index (κ2) is 18.5. The molecule has 0 spiro atoms. The predicted molar refractivity (Wildman–Crippen MR) is 145 cm³/mol. The molecule has 0 aliphatic heterocycles. The summed E-state index contributed by atoms with van der Waals surface area (Å²) in [5, 5.41) is 26.6. The first-order valence-corrected chi connectivity index (χ1v) is 12.9. The second-order valence-corrected chi connectivity index (χ2v) is 10.2. The summed E-state index contributed by atoms with van der Waals surface area (Å²) in [4.78, 5) is 58.6. The minimum Gasteiger partial charge on any atom is -0.480 e. The summed E-state index contributed by atoms with van der Waals surface area (Å²) in [6.45, 7) is 7.67. The number of halogens is 3. The number of hydrogen-bond acceptors (Lipinski definition) is 7. The number of hydrazine groups is 1. The third kappa shape index (κ3) is 15.1. The van der Waals surface area contributed by atoms with Crippen molar-refractivity contribution in [1.82, 2.24) is 15.9 Å². The molecule has 7 N–H and O–H groups in total. The van der Waals surface area contributed by atoms with Gasteiger partial charge in [-0.25, -0.2) is 10.3 Å². The van der Waals surface area contributed by atoms with Crippen LogP contribution in [0.25, 0.3) is 6.08 Å². The van der Waals surface area contributed by atoms with Gasteiger partial charge in [0.1, 0.15) is 6.04 Å². The van der Waals surface area contributed by atoms with E-state index >= 15 is 0 Å². The standard InChI is InChI=1S/C25H38N4O6.C2HF3O2/c1-16(2)13-20(19(23(31)28-35)12-8-11-18-9-6-5-7-10-18)24(32)29(15-17(3)4)27-22(30)14-21(26)25(33)34;3-2(4,5)1(6)7/h5-11,16-17,19-21,35H,12-15,26H2,1-4H3,(H,27,30)(H,28,31)(H,33,34);(H,6,7)/b11-8+;/t19-,20+,21-;/m0./s1. The van der Waals surface area contributed by atoms with Crippen molar-refractivity contribution < 1.29 is 52.6 Å². The third-order valence-corrected chi connectivity index (χ3v) is 5.51. The number of carboxylic acid groups (broad SMARTS) is 2. The molecule has 0 bridgehead atoms. The van der Waals surface area contributed by atoms with E-state index < -0.39 is 60.1 Å². The van der Waals surface area contributed by atoms with Gasteiger partial charge in [-0.15, -0.1) is 0 Å². The van der Waals surface area contributed by atoms with Crippen molar-refractivity contribution in [3.8, 4) is 0 Å². The summed E-state index contributed by atoms with van der Waals surface area (Å²) in [7, 11) is 0. The highest BCUT2D eigenvalue weighted by atomic mass is 19.4. The number of nitrogens with two attached hydrogens (primary N) is 1. The molecule has 0 radical (unpaired) electrons. The Balaban J connectivity index is 0.00000212. The van der Waals surface area contributed by atoms with Crippen LogP contribution in [0.3, 0.4) is 0 Å². The Morgan fingerprint density at radius 1 is 0.976 bits per heavy atom. The molecule has 42 heavy (non-hydrogen) atoms. The largest absolute Gasteiger partial charge is 0.490 e. The van der Waals surface area contributed by atoms with Gasteiger partial charge in [0.2, 0.25) is 17.7 Å². The van der Waals surface area contributed by atoms with Crippen molar-refractivity contribution >= 4 is 35.7 Å². The number of hydroxylamine groups is 1. The lowest BCUT2D eigenvalue weighted by Crippen LogP contribution is -2.53. The number of allylic oxidation sites excluding steroid dienone is 1. The lowest BCUT2D eigenvalue weighted by atomic mass is 9.81. The monoisotopic (exact) mass is 604 g/mol. The Hall–Kier alpha value is -3.98. The van der Waals surface area contributed by atoms with Gasteiger partial charge in [-0.2, -0.15) is 13.2 Å². The maximum atomic E-state index is 13.6. The van der Waals surface area contributed by atoms with Gasteiger partial charge in [0.15, 0.2) is 0 Å². The third-order valence-electron chi connectivity index (χ3n) is 5.51. The predicted octanol–water partition coefficient (Wildman–Crippen LogP) is 2.82. The Labute approximate surface area is 241 Å². The molecule has 236 valence electrons. The number of amides is 3. The fraction of sp³-hybridized carbons (Fsp3) is 0.519. The van der Waals surface area contributed by atoms with Crippen LogP contribution in [0, 0.1) is 23.7 Å². The van der Waals surface area contributed by atoms with E-state index in [0.717, 1.165) is 10.6 Å². The highest BCUT2D eigenvalue weighted by molar-refractivity contribution is 5.90. The molecule has 1 aromatic carbocycles. The molecule has 0 aromatic heterocycles. The van der Waals surface area contributed by atoms with Crippen molar-refractivity contribution in [3.05, 3.63) is 42.0 Å². The first-order chi connectivity index (χ1) is 19.4. The van der Waals surface area contributed by atoms with Crippen LogP contribution in [0.2, 0.25) is 0 Å². The smallest absolute Gasteiger partial charge is 0.480 e. The van der Waals surface area contributed by atoms with Crippen molar-refractivity contribution in [2.24, 2.45) is 29.4 Å². The van der Waals surface area contributed by atoms with E-state index in [1.165, 1.54) is 0 Å². The summed E-state index contributed by atoms with van der Waals surface area (Å²) >= 11 is 0. The summed E-state index contributed by atoms with van der Waals surface area (Å²) < 4.78 is 31.7. The molecule has 0 saturated carbocycles. The number of hydrogen-bond donors (Lipinski definition) is 6. The van der Waals surface area contributed by atoms with Gasteiger partial charge >= 0.3 is 18.1 Å². The second-order valence-electron chi connectivity index (χ2n) is 10.2. The quantitative estimate of drug-likeness (QED) is 0.145. The van der Waals surface area contributed by atoms with Crippen molar-refractivity contribution in [2.75, 3.05) is 6.54 Å². The SMILES string of the molecule is CC(C)C[C@@H](C(=O)N(CC(C)C)NC(=O)C[C@H](N)C(=O)O)[C@H](C/C=C/c1ccccc1)C(=O)NO.O=C(O)C(F)(F)F. The number of carbonyl (C=O) groups is 5. The fourth-order valence-electron chi connectivity index (χ4n) is 3.64. The number of alkyl halides is 3. The normalized spacial score (nSPS) is 13.5. The van der Waals surface area contributed by atoms with E-state index in [4.69, 9.17) is 20.7 Å². The molecule has 0 heterocycles. The highest BCUT2D eigenvalue weighted by Crippen LogP contribution is 2.27. The summed E-state index contributed by atoms with van der Waals surface area (Å²) in [6.07, 6.45) is -1.48. The molecule has 0 aliphatic carbocycles. The van der Waals surface area contributed by atoms with Crippen molar-refractivity contribution in [1.29, 1.82) is 0 Å². The zero-order chi connectivity index (χ0) is 32.6. The van der Waals surface area contributed by atoms with E-state index in [9.17, 15) is 37.6 Å². The van der Waals surface area contributed by atoms with Crippen LogP contribution in [-0.4, -0.2) is 68.9 Å². The number of nitrogens with zero attached hydrogens (tertiary/aromatic N) is 1. The molecule has 3 amide bonds. The molecule has 1 rings (SSSR count). The number of rotatable bonds is 13. The van der Waals surface area contributed by atoms with Crippen molar-refractivity contribution in [2.45, 2.75) is 59.2 Å². The molecule has 12 nitrogen and oxygen atoms in total. The van der Waals surface area contributed by atoms with Gasteiger partial charge in [-0.1, -0.05) is 70.2 Å². The van der Waals surface area contributed by atoms with Gasteiger partial charge in [-0.05, 0) is 30.2 Å². The summed E-state index contributed by atoms with van der Waals surface area (Å²) in [5.74, 6) is -7.75. The topological polar surface area (TPSA) is 199 Å². The molecule has 0 unspecified atom stereocenters. The zero-order valence-electron chi connectivity index (χ0n) is 23.8. The average molecular weight is 605 g/mol. The van der Waals surface area contributed by atoms with Crippen LogP contribution in [0.4, 0.5) is 13.2 Å². The number of benzene rings is 1. The van der Waals surface area contributed by atoms with Gasteiger partial charge in [-0.3, -0.25) is 34.8 Å². The number of carboxylic acids is 2. The Bertz CT molecular complexity index is 1070. The highest BCUT2D eigenvalue weighted by Gasteiger charge is 2.38. The number of nitrogens with one attached hydrogen (secondary N) is 2. The number of carbonyl (C=O) groups excluding carboxylic acids is 3. The fourth-order valence-corrected chi connectivity index (χ4v) is 3.64. The van der Waals surface area contributed by atoms with Crippen LogP contribution in [0.15, 0.2) is 36.4 Å². The molecule has 3 atom stereocenters. The van der Waals surface area contributed by atoms with Crippen LogP contribution in [0.5, 0.6) is 0 Å². The van der Waals surface area contributed by atoms with Gasteiger partial charge in [0.05, 0.1) is 18.3 Å². The van der Waals surface area contributed by atoms with Crippen LogP contribution < -0.4 is 16.6 Å². The van der Waals surface area contributed by atoms with E-state index in [-0.39, 0.29) is 24.8 Å². The summed E-state index contributed by atoms with van der Waals surface area (Å²) in [5.41, 5.74) is 10.5. The Morgan fingerprint density at radius 2 is 1.52 bits per heavy atom. The lowest BCUT2D eigenvalue weighted by molar-refractivity contribution is -0.192. The van der Waals surface area contributed by atoms with Crippen molar-refractivity contribution in [3.63, 3.8) is 0 Å². The molecule has 1 aromatic rings. The van der Waals surface area contributed by atoms with Crippen LogP contribution in [0.1, 0.15) is 52.5 Å². The van der Waals surface area contributed by atoms with Crippen LogP contribution >= 0.6 is 0 Å². The first-order valence-electron chi connectivity index (χ1n) is 12.9. The Kier molecular flexibility index (Phi) is 16.7. The number of aliphatic carboxylic acids is 2. The van der Waals surface area contributed by atoms with Gasteiger partial charge < -0.3 is 15.9 Å². The Morgan fingerprint density at radius 3 is 1.95 bits per heavy atom. The summed E-state index contributed by atoms with van der Waals surface area (Å²) in [6, 6.07) is 8.04. The minimum absolute atomic E-state index is 0.0322. The zero-order valence-corrected chi connectivity index (χ0v) is 23.8. The first kappa shape index (κ1) is 38.0.